The normalized spacial score (nSPS) is 47.3. The molecule has 0 radical (unpaired) electrons. The zero-order valence-corrected chi connectivity index (χ0v) is 7.45. The second-order valence-corrected chi connectivity index (χ2v) is 3.79. The Kier molecular flexibility index (Phi) is 2.23. The molecule has 5 atom stereocenters. The maximum atomic E-state index is 11.4. The van der Waals surface area contributed by atoms with E-state index in [4.69, 9.17) is 5.11 Å². The summed E-state index contributed by atoms with van der Waals surface area (Å²) in [7, 11) is 0. The molecule has 2 fully saturated rings. The van der Waals surface area contributed by atoms with Crippen molar-refractivity contribution >= 4 is 5.91 Å². The van der Waals surface area contributed by atoms with Crippen LogP contribution in [0.25, 0.3) is 0 Å². The highest BCUT2D eigenvalue weighted by atomic mass is 16.3. The average molecular weight is 203 g/mol. The third kappa shape index (κ3) is 1.08. The fraction of sp³-hybridized carbons (Fsp3) is 0.875. The maximum absolute atomic E-state index is 11.4. The first-order valence-corrected chi connectivity index (χ1v) is 4.54. The van der Waals surface area contributed by atoms with Crippen molar-refractivity contribution in [1.29, 1.82) is 0 Å². The van der Waals surface area contributed by atoms with E-state index in [0.29, 0.717) is 0 Å². The topological polar surface area (TPSA) is 101 Å². The molecule has 14 heavy (non-hydrogen) atoms. The van der Waals surface area contributed by atoms with E-state index in [1.165, 1.54) is 4.90 Å². The largest absolute Gasteiger partial charge is 0.394 e. The third-order valence-corrected chi connectivity index (χ3v) is 3.03. The highest BCUT2D eigenvalue weighted by Crippen LogP contribution is 2.34. The van der Waals surface area contributed by atoms with Gasteiger partial charge in [0.25, 0.3) is 0 Å². The van der Waals surface area contributed by atoms with Gasteiger partial charge in [0.05, 0.1) is 31.2 Å². The minimum absolute atomic E-state index is 0.0506. The molecule has 0 aliphatic carbocycles. The summed E-state index contributed by atoms with van der Waals surface area (Å²) in [5.41, 5.74) is 0. The SMILES string of the molecule is O=C1C[C@H](O)[C@@H]2[C@@H](O)[C@H](O)[C@@H](CO)N12. The van der Waals surface area contributed by atoms with E-state index in [2.05, 4.69) is 0 Å². The molecule has 1 amide bonds. The van der Waals surface area contributed by atoms with E-state index in [1.54, 1.807) is 0 Å². The van der Waals surface area contributed by atoms with Crippen molar-refractivity contribution in [3.05, 3.63) is 0 Å². The molecule has 6 nitrogen and oxygen atoms in total. The molecule has 2 aliphatic rings. The average Bonchev–Trinajstić information content (AvgIpc) is 2.55. The standard InChI is InChI=1S/C8H13NO5/c10-2-3-7(13)8(14)6-4(11)1-5(12)9(3)6/h3-4,6-8,10-11,13-14H,1-2H2/t3-,4+,6-,7-,8-/m1/s1. The molecule has 0 aromatic rings. The number of hydrogen-bond donors (Lipinski definition) is 4. The second kappa shape index (κ2) is 3.16. The van der Waals surface area contributed by atoms with Crippen LogP contribution in [0.2, 0.25) is 0 Å². The van der Waals surface area contributed by atoms with Crippen LogP contribution in [0.3, 0.4) is 0 Å². The monoisotopic (exact) mass is 203 g/mol. The molecule has 0 spiro atoms. The zero-order chi connectivity index (χ0) is 10.5. The summed E-state index contributed by atoms with van der Waals surface area (Å²) < 4.78 is 0. The van der Waals surface area contributed by atoms with Crippen LogP contribution in [0.1, 0.15) is 6.42 Å². The lowest BCUT2D eigenvalue weighted by molar-refractivity contribution is -0.131. The van der Waals surface area contributed by atoms with Crippen molar-refractivity contribution < 1.29 is 25.2 Å². The Morgan fingerprint density at radius 2 is 1.93 bits per heavy atom. The predicted molar refractivity (Wildman–Crippen MR) is 44.1 cm³/mol. The van der Waals surface area contributed by atoms with Crippen LogP contribution in [-0.4, -0.2) is 68.2 Å². The van der Waals surface area contributed by atoms with E-state index in [0.717, 1.165) is 0 Å². The highest BCUT2D eigenvalue weighted by Gasteiger charge is 2.56. The summed E-state index contributed by atoms with van der Waals surface area (Å²) >= 11 is 0. The van der Waals surface area contributed by atoms with Gasteiger partial charge in [0.2, 0.25) is 5.91 Å². The van der Waals surface area contributed by atoms with Gasteiger partial charge in [0, 0.05) is 0 Å². The first-order chi connectivity index (χ1) is 6.57. The van der Waals surface area contributed by atoms with Gasteiger partial charge in [-0.1, -0.05) is 0 Å². The summed E-state index contributed by atoms with van der Waals surface area (Å²) in [5.74, 6) is -0.336. The van der Waals surface area contributed by atoms with Crippen LogP contribution in [0, 0.1) is 0 Å². The van der Waals surface area contributed by atoms with Gasteiger partial charge < -0.3 is 25.3 Å². The lowest BCUT2D eigenvalue weighted by atomic mass is 10.0. The van der Waals surface area contributed by atoms with E-state index in [9.17, 15) is 20.1 Å². The van der Waals surface area contributed by atoms with Crippen LogP contribution >= 0.6 is 0 Å². The lowest BCUT2D eigenvalue weighted by Gasteiger charge is -2.23. The van der Waals surface area contributed by atoms with Crippen LogP contribution in [0.5, 0.6) is 0 Å². The van der Waals surface area contributed by atoms with Gasteiger partial charge in [-0.2, -0.15) is 0 Å². The molecule has 0 aromatic carbocycles. The molecular weight excluding hydrogens is 190 g/mol. The van der Waals surface area contributed by atoms with Crippen LogP contribution in [0.4, 0.5) is 0 Å². The number of carbonyl (C=O) groups excluding carboxylic acids is 1. The van der Waals surface area contributed by atoms with E-state index in [-0.39, 0.29) is 12.3 Å². The van der Waals surface area contributed by atoms with E-state index >= 15 is 0 Å². The Balaban J connectivity index is 2.30. The Labute approximate surface area is 80.4 Å². The number of hydrogen-bond acceptors (Lipinski definition) is 5. The van der Waals surface area contributed by atoms with Gasteiger partial charge in [0.1, 0.15) is 12.2 Å². The molecule has 0 unspecified atom stereocenters. The second-order valence-electron chi connectivity index (χ2n) is 3.79. The predicted octanol–water partition coefficient (Wildman–Crippen LogP) is -2.96. The fourth-order valence-electron chi connectivity index (χ4n) is 2.35. The summed E-state index contributed by atoms with van der Waals surface area (Å²) in [6, 6.07) is -1.56. The number of nitrogens with zero attached hydrogens (tertiary/aromatic N) is 1. The fourth-order valence-corrected chi connectivity index (χ4v) is 2.35. The summed E-state index contributed by atoms with van der Waals surface area (Å²) in [6.45, 7) is -0.410. The van der Waals surface area contributed by atoms with E-state index < -0.39 is 37.0 Å². The number of amides is 1. The van der Waals surface area contributed by atoms with Crippen molar-refractivity contribution in [2.24, 2.45) is 0 Å². The maximum Gasteiger partial charge on any atom is 0.226 e. The number of aliphatic hydroxyl groups excluding tert-OH is 4. The highest BCUT2D eigenvalue weighted by molar-refractivity contribution is 5.81. The summed E-state index contributed by atoms with van der Waals surface area (Å²) in [6.07, 6.45) is -3.36. The Bertz CT molecular complexity index is 258. The molecule has 0 bridgehead atoms. The Morgan fingerprint density at radius 3 is 2.50 bits per heavy atom. The zero-order valence-electron chi connectivity index (χ0n) is 7.45. The van der Waals surface area contributed by atoms with Gasteiger partial charge in [-0.15, -0.1) is 0 Å². The van der Waals surface area contributed by atoms with Crippen molar-refractivity contribution in [2.75, 3.05) is 6.61 Å². The molecule has 4 N–H and O–H groups in total. The van der Waals surface area contributed by atoms with Gasteiger partial charge in [-0.05, 0) is 0 Å². The summed E-state index contributed by atoms with van der Waals surface area (Å²) in [5, 5.41) is 37.4. The van der Waals surface area contributed by atoms with Crippen LogP contribution in [0.15, 0.2) is 0 Å². The molecule has 6 heteroatoms. The lowest BCUT2D eigenvalue weighted by Crippen LogP contribution is -2.42. The van der Waals surface area contributed by atoms with Gasteiger partial charge in [-0.25, -0.2) is 0 Å². The first kappa shape index (κ1) is 9.85. The van der Waals surface area contributed by atoms with Crippen molar-refractivity contribution in [2.45, 2.75) is 36.8 Å². The molecular formula is C8H13NO5. The number of fused-ring (bicyclic) bond motifs is 1. The summed E-state index contributed by atoms with van der Waals surface area (Å²) in [4.78, 5) is 12.6. The molecule has 2 saturated heterocycles. The number of rotatable bonds is 1. The Hall–Kier alpha value is -0.690. The molecule has 2 heterocycles. The van der Waals surface area contributed by atoms with E-state index in [1.807, 2.05) is 0 Å². The number of carbonyl (C=O) groups is 1. The van der Waals surface area contributed by atoms with Gasteiger partial charge in [-0.3, -0.25) is 4.79 Å². The van der Waals surface area contributed by atoms with Crippen molar-refractivity contribution in [3.63, 3.8) is 0 Å². The molecule has 2 aliphatic heterocycles. The quantitative estimate of drug-likeness (QED) is 0.365. The molecule has 0 aromatic heterocycles. The van der Waals surface area contributed by atoms with Gasteiger partial charge >= 0.3 is 0 Å². The van der Waals surface area contributed by atoms with Crippen molar-refractivity contribution in [3.8, 4) is 0 Å². The number of aliphatic hydroxyl groups is 4. The van der Waals surface area contributed by atoms with Crippen molar-refractivity contribution in [1.82, 2.24) is 4.90 Å². The smallest absolute Gasteiger partial charge is 0.226 e. The van der Waals surface area contributed by atoms with Crippen LogP contribution < -0.4 is 0 Å². The Morgan fingerprint density at radius 1 is 1.29 bits per heavy atom. The molecule has 2 rings (SSSR count). The minimum Gasteiger partial charge on any atom is -0.394 e. The molecule has 80 valence electrons. The molecule has 0 saturated carbocycles. The third-order valence-electron chi connectivity index (χ3n) is 3.03. The van der Waals surface area contributed by atoms with Crippen LogP contribution in [-0.2, 0) is 4.79 Å². The minimum atomic E-state index is -1.18. The van der Waals surface area contributed by atoms with Gasteiger partial charge in [0.15, 0.2) is 0 Å². The first-order valence-electron chi connectivity index (χ1n) is 4.54.